The second-order valence-corrected chi connectivity index (χ2v) is 4.73. The highest BCUT2D eigenvalue weighted by Crippen LogP contribution is 2.22. The van der Waals surface area contributed by atoms with E-state index < -0.39 is 11.9 Å². The van der Waals surface area contributed by atoms with Gasteiger partial charge < -0.3 is 4.74 Å². The van der Waals surface area contributed by atoms with Crippen LogP contribution in [-0.4, -0.2) is 11.9 Å². The smallest absolute Gasteiger partial charge is 0.203 e. The fourth-order valence-electron chi connectivity index (χ4n) is 1.82. The van der Waals surface area contributed by atoms with Crippen molar-refractivity contribution in [2.45, 2.75) is 19.4 Å². The molecule has 0 aliphatic rings. The number of Topliss-reactive ketones (excluding diaryl/α,β-unsaturated/α-hetero) is 1. The van der Waals surface area contributed by atoms with Crippen molar-refractivity contribution in [1.29, 1.82) is 0 Å². The van der Waals surface area contributed by atoms with E-state index in [1.807, 2.05) is 13.0 Å². The van der Waals surface area contributed by atoms with E-state index in [1.165, 1.54) is 12.1 Å². The molecule has 20 heavy (non-hydrogen) atoms. The summed E-state index contributed by atoms with van der Waals surface area (Å²) in [6.07, 6.45) is -0.143. The lowest BCUT2D eigenvalue weighted by molar-refractivity contribution is 0.0786. The lowest BCUT2D eigenvalue weighted by Crippen LogP contribution is -2.26. The van der Waals surface area contributed by atoms with Crippen molar-refractivity contribution in [3.05, 3.63) is 64.9 Å². The molecule has 2 aromatic rings. The molecule has 0 spiro atoms. The fraction of sp³-hybridized carbons (Fsp3) is 0.188. The zero-order valence-corrected chi connectivity index (χ0v) is 11.7. The summed E-state index contributed by atoms with van der Waals surface area (Å²) in [4.78, 5) is 12.3. The van der Waals surface area contributed by atoms with Crippen molar-refractivity contribution in [2.75, 3.05) is 0 Å². The number of benzene rings is 2. The average Bonchev–Trinajstić information content (AvgIpc) is 2.48. The molecule has 104 valence electrons. The maximum Gasteiger partial charge on any atom is 0.203 e. The first kappa shape index (κ1) is 14.5. The highest BCUT2D eigenvalue weighted by Gasteiger charge is 2.20. The van der Waals surface area contributed by atoms with Gasteiger partial charge in [0.25, 0.3) is 0 Å². The quantitative estimate of drug-likeness (QED) is 0.757. The fourth-order valence-corrected chi connectivity index (χ4v) is 1.94. The number of halogens is 2. The van der Waals surface area contributed by atoms with Gasteiger partial charge in [-0.3, -0.25) is 4.79 Å². The summed E-state index contributed by atoms with van der Waals surface area (Å²) in [5.41, 5.74) is 0.578. The van der Waals surface area contributed by atoms with Crippen molar-refractivity contribution in [3.63, 3.8) is 0 Å². The van der Waals surface area contributed by atoms with Gasteiger partial charge >= 0.3 is 0 Å². The van der Waals surface area contributed by atoms with Crippen LogP contribution in [0.5, 0.6) is 5.75 Å². The molecule has 0 saturated carbocycles. The van der Waals surface area contributed by atoms with Crippen LogP contribution in [0.3, 0.4) is 0 Å². The predicted molar refractivity (Wildman–Crippen MR) is 76.9 cm³/mol. The number of carbonyl (C=O) groups is 1. The molecule has 0 aromatic heterocycles. The molecule has 0 N–H and O–H groups in total. The number of rotatable bonds is 5. The Morgan fingerprint density at radius 1 is 1.25 bits per heavy atom. The van der Waals surface area contributed by atoms with Crippen LogP contribution in [0.25, 0.3) is 0 Å². The monoisotopic (exact) mass is 292 g/mol. The van der Waals surface area contributed by atoms with Crippen molar-refractivity contribution in [3.8, 4) is 5.75 Å². The molecule has 0 amide bonds. The van der Waals surface area contributed by atoms with Crippen LogP contribution in [0, 0.1) is 5.82 Å². The topological polar surface area (TPSA) is 26.3 Å². The molecule has 0 bridgehead atoms. The summed E-state index contributed by atoms with van der Waals surface area (Å²) in [5, 5.41) is 0.0276. The summed E-state index contributed by atoms with van der Waals surface area (Å²) < 4.78 is 18.9. The predicted octanol–water partition coefficient (Wildman–Crippen LogP) is 4.52. The van der Waals surface area contributed by atoms with Gasteiger partial charge in [0, 0.05) is 11.6 Å². The van der Waals surface area contributed by atoms with Crippen molar-refractivity contribution < 1.29 is 13.9 Å². The van der Waals surface area contributed by atoms with Crippen molar-refractivity contribution in [2.24, 2.45) is 0 Å². The summed E-state index contributed by atoms with van der Waals surface area (Å²) in [6.45, 7) is 1.85. The van der Waals surface area contributed by atoms with Gasteiger partial charge in [-0.25, -0.2) is 4.39 Å². The molecule has 0 saturated heterocycles. The van der Waals surface area contributed by atoms with Crippen molar-refractivity contribution in [1.82, 2.24) is 0 Å². The van der Waals surface area contributed by atoms with Gasteiger partial charge in [0.2, 0.25) is 5.78 Å². The first-order valence-electron chi connectivity index (χ1n) is 6.32. The van der Waals surface area contributed by atoms with Gasteiger partial charge in [-0.2, -0.15) is 0 Å². The Kier molecular flexibility index (Phi) is 4.74. The molecular formula is C16H14ClFO2. The molecule has 4 heteroatoms. The van der Waals surface area contributed by atoms with E-state index in [0.717, 1.165) is 0 Å². The third-order valence-electron chi connectivity index (χ3n) is 2.89. The van der Waals surface area contributed by atoms with Crippen LogP contribution in [0.15, 0.2) is 48.5 Å². The lowest BCUT2D eigenvalue weighted by Gasteiger charge is -2.16. The summed E-state index contributed by atoms with van der Waals surface area (Å²) in [5.74, 6) is -0.391. The van der Waals surface area contributed by atoms with Crippen LogP contribution in [0.2, 0.25) is 5.02 Å². The van der Waals surface area contributed by atoms with E-state index in [-0.39, 0.29) is 10.8 Å². The maximum atomic E-state index is 13.4. The van der Waals surface area contributed by atoms with E-state index in [4.69, 9.17) is 16.3 Å². The number of hydrogen-bond donors (Lipinski definition) is 0. The Morgan fingerprint density at radius 2 is 1.95 bits per heavy atom. The molecule has 2 nitrogen and oxygen atoms in total. The zero-order chi connectivity index (χ0) is 14.5. The molecular weight excluding hydrogens is 279 g/mol. The Morgan fingerprint density at radius 3 is 2.55 bits per heavy atom. The SMILES string of the molecule is CCC(Oc1ccc(Cl)c(F)c1)C(=O)c1ccccc1. The highest BCUT2D eigenvalue weighted by molar-refractivity contribution is 6.30. The number of hydrogen-bond acceptors (Lipinski definition) is 2. The van der Waals surface area contributed by atoms with E-state index in [2.05, 4.69) is 0 Å². The van der Waals surface area contributed by atoms with Gasteiger partial charge in [-0.1, -0.05) is 48.9 Å². The summed E-state index contributed by atoms with van der Waals surface area (Å²) >= 11 is 5.61. The van der Waals surface area contributed by atoms with Gasteiger partial charge in [0.1, 0.15) is 11.6 Å². The molecule has 1 atom stereocenters. The van der Waals surface area contributed by atoms with Gasteiger partial charge in [-0.05, 0) is 18.6 Å². The average molecular weight is 293 g/mol. The third kappa shape index (κ3) is 3.36. The standard InChI is InChI=1S/C16H14ClFO2/c1-2-15(16(19)11-6-4-3-5-7-11)20-12-8-9-13(17)14(18)10-12/h3-10,15H,2H2,1H3. The molecule has 0 aliphatic carbocycles. The van der Waals surface area contributed by atoms with E-state index in [9.17, 15) is 9.18 Å². The second-order valence-electron chi connectivity index (χ2n) is 4.32. The number of ketones is 1. The Labute approximate surface area is 122 Å². The van der Waals surface area contributed by atoms with Gasteiger partial charge in [0.15, 0.2) is 6.10 Å². The van der Waals surface area contributed by atoms with Crippen LogP contribution in [0.1, 0.15) is 23.7 Å². The molecule has 0 heterocycles. The molecule has 1 unspecified atom stereocenters. The molecule has 0 radical (unpaired) electrons. The maximum absolute atomic E-state index is 13.4. The van der Waals surface area contributed by atoms with Gasteiger partial charge in [0.05, 0.1) is 5.02 Å². The molecule has 0 fully saturated rings. The third-order valence-corrected chi connectivity index (χ3v) is 3.20. The highest BCUT2D eigenvalue weighted by atomic mass is 35.5. The normalized spacial score (nSPS) is 11.9. The largest absolute Gasteiger partial charge is 0.482 e. The first-order valence-corrected chi connectivity index (χ1v) is 6.70. The minimum Gasteiger partial charge on any atom is -0.482 e. The molecule has 2 aromatic carbocycles. The van der Waals surface area contributed by atoms with E-state index >= 15 is 0 Å². The minimum absolute atomic E-state index is 0.0276. The lowest BCUT2D eigenvalue weighted by atomic mass is 10.0. The Balaban J connectivity index is 2.16. The molecule has 0 aliphatic heterocycles. The Bertz CT molecular complexity index is 599. The number of ether oxygens (including phenoxy) is 1. The van der Waals surface area contributed by atoms with E-state index in [1.54, 1.807) is 30.3 Å². The van der Waals surface area contributed by atoms with Crippen LogP contribution >= 0.6 is 11.6 Å². The van der Waals surface area contributed by atoms with Crippen molar-refractivity contribution >= 4 is 17.4 Å². The first-order chi connectivity index (χ1) is 9.61. The van der Waals surface area contributed by atoms with Crippen LogP contribution in [0.4, 0.5) is 4.39 Å². The minimum atomic E-state index is -0.641. The zero-order valence-electron chi connectivity index (χ0n) is 11.0. The summed E-state index contributed by atoms with van der Waals surface area (Å²) in [7, 11) is 0. The Hall–Kier alpha value is -1.87. The summed E-state index contributed by atoms with van der Waals surface area (Å²) in [6, 6.07) is 13.0. The van der Waals surface area contributed by atoms with Crippen LogP contribution in [-0.2, 0) is 0 Å². The molecule has 2 rings (SSSR count). The van der Waals surface area contributed by atoms with Gasteiger partial charge in [-0.15, -0.1) is 0 Å². The van der Waals surface area contributed by atoms with E-state index in [0.29, 0.717) is 17.7 Å². The second kappa shape index (κ2) is 6.53. The van der Waals surface area contributed by atoms with Crippen LogP contribution < -0.4 is 4.74 Å². The number of carbonyl (C=O) groups excluding carboxylic acids is 1.